The first kappa shape index (κ1) is 12.7. The van der Waals surface area contributed by atoms with Gasteiger partial charge in [-0.1, -0.05) is 18.5 Å². The lowest BCUT2D eigenvalue weighted by molar-refractivity contribution is 0.0970. The number of halogens is 1. The van der Waals surface area contributed by atoms with Crippen LogP contribution in [0.2, 0.25) is 5.02 Å². The Morgan fingerprint density at radius 2 is 2.29 bits per heavy atom. The van der Waals surface area contributed by atoms with Crippen molar-refractivity contribution in [2.45, 2.75) is 26.0 Å². The van der Waals surface area contributed by atoms with E-state index in [0.717, 1.165) is 35.8 Å². The van der Waals surface area contributed by atoms with Crippen molar-refractivity contribution in [2.24, 2.45) is 11.7 Å². The zero-order chi connectivity index (χ0) is 12.4. The zero-order valence-corrected chi connectivity index (χ0v) is 10.8. The molecule has 17 heavy (non-hydrogen) atoms. The minimum absolute atomic E-state index is 0.181. The molecule has 2 rings (SSSR count). The Balaban J connectivity index is 2.22. The first-order valence-electron chi connectivity index (χ1n) is 6.03. The molecule has 1 heterocycles. The number of aliphatic hydroxyl groups is 1. The number of piperidine rings is 1. The first-order chi connectivity index (χ1) is 8.11. The van der Waals surface area contributed by atoms with E-state index in [1.54, 1.807) is 0 Å². The van der Waals surface area contributed by atoms with Crippen LogP contribution in [-0.2, 0) is 6.54 Å². The summed E-state index contributed by atoms with van der Waals surface area (Å²) in [5, 5.41) is 10.5. The summed E-state index contributed by atoms with van der Waals surface area (Å²) in [6.07, 6.45) is 0.633. The molecule has 0 radical (unpaired) electrons. The van der Waals surface area contributed by atoms with E-state index in [9.17, 15) is 5.11 Å². The minimum Gasteiger partial charge on any atom is -0.393 e. The molecule has 0 saturated carbocycles. The number of benzene rings is 1. The summed E-state index contributed by atoms with van der Waals surface area (Å²) in [4.78, 5) is 2.29. The molecule has 1 fully saturated rings. The third-order valence-electron chi connectivity index (χ3n) is 3.46. The van der Waals surface area contributed by atoms with Gasteiger partial charge in [-0.05, 0) is 36.1 Å². The van der Waals surface area contributed by atoms with Gasteiger partial charge in [0.25, 0.3) is 0 Å². The molecule has 4 heteroatoms. The fourth-order valence-electron chi connectivity index (χ4n) is 2.38. The molecule has 1 aromatic carbocycles. The lowest BCUT2D eigenvalue weighted by Gasteiger charge is -2.37. The van der Waals surface area contributed by atoms with Crippen LogP contribution in [-0.4, -0.2) is 24.3 Å². The van der Waals surface area contributed by atoms with Crippen molar-refractivity contribution in [1.82, 2.24) is 0 Å². The number of hydrogen-bond acceptors (Lipinski definition) is 3. The van der Waals surface area contributed by atoms with Gasteiger partial charge in [0.05, 0.1) is 6.10 Å². The number of nitrogens with zero attached hydrogens (tertiary/aromatic N) is 1. The fourth-order valence-corrected chi connectivity index (χ4v) is 2.57. The first-order valence-corrected chi connectivity index (χ1v) is 6.41. The van der Waals surface area contributed by atoms with E-state index in [1.165, 1.54) is 0 Å². The summed E-state index contributed by atoms with van der Waals surface area (Å²) < 4.78 is 0. The van der Waals surface area contributed by atoms with Crippen molar-refractivity contribution in [2.75, 3.05) is 18.0 Å². The standard InChI is InChI=1S/C13H19ClN2O/c1-9-8-16(5-4-13(9)17)12-3-2-11(14)6-10(12)7-15/h2-3,6,9,13,17H,4-5,7-8,15H2,1H3. The monoisotopic (exact) mass is 254 g/mol. The second-order valence-corrected chi connectivity index (χ2v) is 5.19. The number of nitrogens with two attached hydrogens (primary N) is 1. The Morgan fingerprint density at radius 3 is 2.94 bits per heavy atom. The molecule has 3 nitrogen and oxygen atoms in total. The molecule has 2 unspecified atom stereocenters. The summed E-state index contributed by atoms with van der Waals surface area (Å²) >= 11 is 5.97. The maximum atomic E-state index is 9.74. The van der Waals surface area contributed by atoms with Gasteiger partial charge in [0, 0.05) is 30.3 Å². The Kier molecular flexibility index (Phi) is 3.92. The van der Waals surface area contributed by atoms with E-state index >= 15 is 0 Å². The smallest absolute Gasteiger partial charge is 0.0599 e. The van der Waals surface area contributed by atoms with Gasteiger partial charge >= 0.3 is 0 Å². The van der Waals surface area contributed by atoms with Crippen molar-refractivity contribution in [3.63, 3.8) is 0 Å². The maximum Gasteiger partial charge on any atom is 0.0599 e. The number of anilines is 1. The van der Waals surface area contributed by atoms with E-state index < -0.39 is 0 Å². The molecule has 1 aromatic rings. The molecule has 1 saturated heterocycles. The van der Waals surface area contributed by atoms with Crippen LogP contribution in [0.3, 0.4) is 0 Å². The van der Waals surface area contributed by atoms with Gasteiger partial charge in [-0.15, -0.1) is 0 Å². The maximum absolute atomic E-state index is 9.74. The van der Waals surface area contributed by atoms with Crippen LogP contribution >= 0.6 is 11.6 Å². The molecule has 0 amide bonds. The van der Waals surface area contributed by atoms with E-state index in [-0.39, 0.29) is 6.10 Å². The van der Waals surface area contributed by atoms with Gasteiger partial charge in [0.2, 0.25) is 0 Å². The molecular formula is C13H19ClN2O. The Hall–Kier alpha value is -0.770. The highest BCUT2D eigenvalue weighted by Gasteiger charge is 2.25. The van der Waals surface area contributed by atoms with Crippen molar-refractivity contribution in [1.29, 1.82) is 0 Å². The largest absolute Gasteiger partial charge is 0.393 e. The quantitative estimate of drug-likeness (QED) is 0.849. The third kappa shape index (κ3) is 2.73. The lowest BCUT2D eigenvalue weighted by atomic mass is 9.95. The molecule has 0 aliphatic carbocycles. The van der Waals surface area contributed by atoms with Crippen molar-refractivity contribution >= 4 is 17.3 Å². The van der Waals surface area contributed by atoms with Crippen molar-refractivity contribution in [3.8, 4) is 0 Å². The second-order valence-electron chi connectivity index (χ2n) is 4.76. The van der Waals surface area contributed by atoms with E-state index in [2.05, 4.69) is 11.8 Å². The Labute approximate surface area is 107 Å². The summed E-state index contributed by atoms with van der Waals surface area (Å²) in [6.45, 7) is 4.31. The van der Waals surface area contributed by atoms with Gasteiger partial charge < -0.3 is 15.7 Å². The van der Waals surface area contributed by atoms with Crippen LogP contribution in [0, 0.1) is 5.92 Å². The average Bonchev–Trinajstić information content (AvgIpc) is 2.32. The van der Waals surface area contributed by atoms with E-state index in [0.29, 0.717) is 12.5 Å². The lowest BCUT2D eigenvalue weighted by Crippen LogP contribution is -2.42. The van der Waals surface area contributed by atoms with Crippen molar-refractivity contribution < 1.29 is 5.11 Å². The Morgan fingerprint density at radius 1 is 1.53 bits per heavy atom. The number of rotatable bonds is 2. The SMILES string of the molecule is CC1CN(c2ccc(Cl)cc2CN)CCC1O. The van der Waals surface area contributed by atoms with Gasteiger partial charge in [0.15, 0.2) is 0 Å². The topological polar surface area (TPSA) is 49.5 Å². The summed E-state index contributed by atoms with van der Waals surface area (Å²) in [6, 6.07) is 5.84. The second kappa shape index (κ2) is 5.25. The molecule has 1 aliphatic rings. The summed E-state index contributed by atoms with van der Waals surface area (Å²) in [7, 11) is 0. The number of aliphatic hydroxyl groups excluding tert-OH is 1. The molecule has 1 aliphatic heterocycles. The molecule has 0 bridgehead atoms. The highest BCUT2D eigenvalue weighted by atomic mass is 35.5. The van der Waals surface area contributed by atoms with Crippen LogP contribution in [0.25, 0.3) is 0 Å². The molecule has 2 atom stereocenters. The fraction of sp³-hybridized carbons (Fsp3) is 0.538. The van der Waals surface area contributed by atoms with Gasteiger partial charge in [-0.3, -0.25) is 0 Å². The van der Waals surface area contributed by atoms with Gasteiger partial charge in [-0.2, -0.15) is 0 Å². The third-order valence-corrected chi connectivity index (χ3v) is 3.70. The van der Waals surface area contributed by atoms with Gasteiger partial charge in [-0.25, -0.2) is 0 Å². The van der Waals surface area contributed by atoms with Crippen LogP contribution in [0.1, 0.15) is 18.9 Å². The van der Waals surface area contributed by atoms with Crippen LogP contribution in [0.15, 0.2) is 18.2 Å². The Bertz CT molecular complexity index is 397. The predicted octanol–water partition coefficient (Wildman–Crippen LogP) is 2.01. The van der Waals surface area contributed by atoms with E-state index in [4.69, 9.17) is 17.3 Å². The zero-order valence-electron chi connectivity index (χ0n) is 10.1. The van der Waals surface area contributed by atoms with Crippen LogP contribution in [0.4, 0.5) is 5.69 Å². The normalized spacial score (nSPS) is 25.1. The highest BCUT2D eigenvalue weighted by molar-refractivity contribution is 6.30. The highest BCUT2D eigenvalue weighted by Crippen LogP contribution is 2.28. The summed E-state index contributed by atoms with van der Waals surface area (Å²) in [5.74, 6) is 0.296. The molecule has 0 aromatic heterocycles. The van der Waals surface area contributed by atoms with Crippen LogP contribution < -0.4 is 10.6 Å². The molecule has 0 spiro atoms. The molecule has 3 N–H and O–H groups in total. The molecular weight excluding hydrogens is 236 g/mol. The minimum atomic E-state index is -0.181. The van der Waals surface area contributed by atoms with Crippen molar-refractivity contribution in [3.05, 3.63) is 28.8 Å². The van der Waals surface area contributed by atoms with Crippen LogP contribution in [0.5, 0.6) is 0 Å². The summed E-state index contributed by atoms with van der Waals surface area (Å²) in [5.41, 5.74) is 7.97. The van der Waals surface area contributed by atoms with E-state index in [1.807, 2.05) is 18.2 Å². The number of hydrogen-bond donors (Lipinski definition) is 2. The predicted molar refractivity (Wildman–Crippen MR) is 71.3 cm³/mol. The average molecular weight is 255 g/mol. The van der Waals surface area contributed by atoms with Gasteiger partial charge in [0.1, 0.15) is 0 Å². The molecule has 94 valence electrons.